The second-order valence-corrected chi connectivity index (χ2v) is 2.62. The number of esters is 1. The van der Waals surface area contributed by atoms with E-state index in [-0.39, 0.29) is 14.0 Å². The molecule has 0 atom stereocenters. The van der Waals surface area contributed by atoms with Gasteiger partial charge in [0.05, 0.1) is 11.6 Å². The monoisotopic (exact) mass is 203 g/mol. The second-order valence-electron chi connectivity index (χ2n) is 2.62. The van der Waals surface area contributed by atoms with Crippen LogP contribution in [0.25, 0.3) is 0 Å². The highest BCUT2D eigenvalue weighted by Crippen LogP contribution is 2.04. The lowest BCUT2D eigenvalue weighted by molar-refractivity contribution is -0.138. The van der Waals surface area contributed by atoms with E-state index in [2.05, 4.69) is 6.58 Å². The molecule has 0 unspecified atom stereocenters. The normalized spacial score (nSPS) is 8.20. The average molecular weight is 203 g/mol. The molecule has 0 radical (unpaired) electrons. The Bertz CT molecular complexity index is 374. The van der Waals surface area contributed by atoms with Crippen molar-refractivity contribution in [1.82, 2.24) is 0 Å². The Hall–Kier alpha value is -2.08. The van der Waals surface area contributed by atoms with Gasteiger partial charge in [0, 0.05) is 6.08 Å². The Morgan fingerprint density at radius 2 is 2.07 bits per heavy atom. The maximum absolute atomic E-state index is 10.7. The van der Waals surface area contributed by atoms with Gasteiger partial charge in [0.1, 0.15) is 6.61 Å². The molecule has 1 aromatic carbocycles. The topological polar surface area (TPSA) is 50.1 Å². The zero-order valence-corrected chi connectivity index (χ0v) is 7.56. The summed E-state index contributed by atoms with van der Waals surface area (Å²) in [6.45, 7) is 3.49. The van der Waals surface area contributed by atoms with Crippen LogP contribution in [-0.2, 0) is 16.1 Å². The molecule has 0 N–H and O–H groups in total. The van der Waals surface area contributed by atoms with Crippen LogP contribution in [0, 0.1) is 11.3 Å². The molecule has 1 rings (SSSR count). The third-order valence-corrected chi connectivity index (χ3v) is 1.63. The molecule has 0 aliphatic carbocycles. The molecule has 0 saturated carbocycles. The molecule has 1 aromatic rings. The van der Waals surface area contributed by atoms with Gasteiger partial charge in [0.25, 0.3) is 0 Å². The summed E-state index contributed by atoms with van der Waals surface area (Å²) in [7, 11) is 0. The van der Waals surface area contributed by atoms with E-state index in [0.717, 1.165) is 11.6 Å². The first-order valence-corrected chi connectivity index (χ1v) is 4.04. The lowest BCUT2D eigenvalue weighted by Gasteiger charge is -2.01. The van der Waals surface area contributed by atoms with Crippen molar-refractivity contribution in [3.63, 3.8) is 0 Å². The smallest absolute Gasteiger partial charge is 0.330 e. The van der Waals surface area contributed by atoms with E-state index in [1.54, 1.807) is 24.3 Å². The highest BCUT2D eigenvalue weighted by molar-refractivity contribution is 5.81. The standard InChI is InChI=1S/C11H9NO2.CH4/c1-2-11(13)14-8-10-5-3-9(7-12)4-6-10;/h2-6H,1,8H2;1H4. The minimum absolute atomic E-state index is 0. The van der Waals surface area contributed by atoms with E-state index in [1.165, 1.54) is 0 Å². The van der Waals surface area contributed by atoms with Gasteiger partial charge in [-0.25, -0.2) is 4.79 Å². The largest absolute Gasteiger partial charge is 0.458 e. The fourth-order valence-corrected chi connectivity index (χ4v) is 0.889. The van der Waals surface area contributed by atoms with Gasteiger partial charge in [0.2, 0.25) is 0 Å². The number of nitriles is 1. The molecule has 0 heterocycles. The molecule has 0 aliphatic rings. The third-order valence-electron chi connectivity index (χ3n) is 1.63. The predicted octanol–water partition coefficient (Wildman–Crippen LogP) is 2.42. The molecule has 3 heteroatoms. The number of hydrogen-bond acceptors (Lipinski definition) is 3. The minimum atomic E-state index is -0.450. The van der Waals surface area contributed by atoms with Gasteiger partial charge in [-0.2, -0.15) is 5.26 Å². The summed E-state index contributed by atoms with van der Waals surface area (Å²) in [5.41, 5.74) is 1.43. The number of rotatable bonds is 3. The number of carbonyl (C=O) groups excluding carboxylic acids is 1. The van der Waals surface area contributed by atoms with E-state index in [0.29, 0.717) is 5.56 Å². The zero-order valence-electron chi connectivity index (χ0n) is 7.56. The first-order chi connectivity index (χ1) is 6.76. The number of benzene rings is 1. The summed E-state index contributed by atoms with van der Waals surface area (Å²) in [5.74, 6) is -0.450. The van der Waals surface area contributed by atoms with Crippen LogP contribution in [0.5, 0.6) is 0 Å². The van der Waals surface area contributed by atoms with Crippen molar-refractivity contribution in [1.29, 1.82) is 5.26 Å². The van der Waals surface area contributed by atoms with Crippen LogP contribution in [-0.4, -0.2) is 5.97 Å². The fourth-order valence-electron chi connectivity index (χ4n) is 0.889. The van der Waals surface area contributed by atoms with Crippen molar-refractivity contribution in [3.05, 3.63) is 48.0 Å². The Morgan fingerprint density at radius 3 is 2.53 bits per heavy atom. The zero-order chi connectivity index (χ0) is 10.4. The number of nitrogens with zero attached hydrogens (tertiary/aromatic N) is 1. The maximum Gasteiger partial charge on any atom is 0.330 e. The van der Waals surface area contributed by atoms with Crippen LogP contribution in [0.3, 0.4) is 0 Å². The van der Waals surface area contributed by atoms with Gasteiger partial charge >= 0.3 is 5.97 Å². The van der Waals surface area contributed by atoms with Crippen LogP contribution >= 0.6 is 0 Å². The van der Waals surface area contributed by atoms with E-state index >= 15 is 0 Å². The molecule has 3 nitrogen and oxygen atoms in total. The van der Waals surface area contributed by atoms with E-state index < -0.39 is 5.97 Å². The molecule has 15 heavy (non-hydrogen) atoms. The molecular weight excluding hydrogens is 190 g/mol. The van der Waals surface area contributed by atoms with Gasteiger partial charge in [-0.15, -0.1) is 0 Å². The minimum Gasteiger partial charge on any atom is -0.458 e. The predicted molar refractivity (Wildman–Crippen MR) is 57.9 cm³/mol. The van der Waals surface area contributed by atoms with Crippen LogP contribution in [0.2, 0.25) is 0 Å². The summed E-state index contributed by atoms with van der Waals surface area (Å²) >= 11 is 0. The van der Waals surface area contributed by atoms with Crippen LogP contribution in [0.1, 0.15) is 18.6 Å². The van der Waals surface area contributed by atoms with Crippen LogP contribution in [0.15, 0.2) is 36.9 Å². The molecule has 0 spiro atoms. The first-order valence-electron chi connectivity index (χ1n) is 4.04. The van der Waals surface area contributed by atoms with Crippen molar-refractivity contribution in [3.8, 4) is 6.07 Å². The Labute approximate surface area is 89.6 Å². The summed E-state index contributed by atoms with van der Waals surface area (Å²) < 4.78 is 4.81. The number of hydrogen-bond donors (Lipinski definition) is 0. The van der Waals surface area contributed by atoms with Gasteiger partial charge in [0.15, 0.2) is 0 Å². The van der Waals surface area contributed by atoms with E-state index in [9.17, 15) is 4.79 Å². The van der Waals surface area contributed by atoms with Crippen LogP contribution in [0.4, 0.5) is 0 Å². The lowest BCUT2D eigenvalue weighted by atomic mass is 10.2. The van der Waals surface area contributed by atoms with Crippen molar-refractivity contribution in [2.45, 2.75) is 14.0 Å². The molecule has 0 aliphatic heterocycles. The Morgan fingerprint density at radius 1 is 1.47 bits per heavy atom. The van der Waals surface area contributed by atoms with Crippen molar-refractivity contribution in [2.24, 2.45) is 0 Å². The Kier molecular flexibility index (Phi) is 5.50. The highest BCUT2D eigenvalue weighted by atomic mass is 16.5. The molecular formula is C12H13NO2. The molecule has 0 fully saturated rings. The summed E-state index contributed by atoms with van der Waals surface area (Å²) in [4.78, 5) is 10.7. The molecule has 0 amide bonds. The average Bonchev–Trinajstić information content (AvgIpc) is 2.26. The summed E-state index contributed by atoms with van der Waals surface area (Å²) in [6, 6.07) is 8.85. The SMILES string of the molecule is C.C=CC(=O)OCc1ccc(C#N)cc1. The molecule has 0 saturated heterocycles. The third kappa shape index (κ3) is 4.10. The van der Waals surface area contributed by atoms with Crippen molar-refractivity contribution < 1.29 is 9.53 Å². The molecule has 0 aromatic heterocycles. The fraction of sp³-hybridized carbons (Fsp3) is 0.167. The van der Waals surface area contributed by atoms with Crippen LogP contribution < -0.4 is 0 Å². The van der Waals surface area contributed by atoms with Crippen molar-refractivity contribution >= 4 is 5.97 Å². The van der Waals surface area contributed by atoms with Gasteiger partial charge < -0.3 is 4.74 Å². The molecule has 0 bridgehead atoms. The lowest BCUT2D eigenvalue weighted by Crippen LogP contribution is -1.99. The summed E-state index contributed by atoms with van der Waals surface area (Å²) in [5, 5.41) is 8.54. The summed E-state index contributed by atoms with van der Waals surface area (Å²) in [6.07, 6.45) is 1.11. The van der Waals surface area contributed by atoms with E-state index in [4.69, 9.17) is 10.00 Å². The second kappa shape index (κ2) is 6.39. The maximum atomic E-state index is 10.7. The first kappa shape index (κ1) is 12.9. The molecule has 78 valence electrons. The van der Waals surface area contributed by atoms with Gasteiger partial charge in [-0.05, 0) is 17.7 Å². The van der Waals surface area contributed by atoms with Gasteiger partial charge in [-0.1, -0.05) is 26.1 Å². The Balaban J connectivity index is 0.00000196. The van der Waals surface area contributed by atoms with E-state index in [1.807, 2.05) is 6.07 Å². The highest BCUT2D eigenvalue weighted by Gasteiger charge is 1.97. The quantitative estimate of drug-likeness (QED) is 0.560. The number of carbonyl (C=O) groups is 1. The van der Waals surface area contributed by atoms with Crippen molar-refractivity contribution in [2.75, 3.05) is 0 Å². The van der Waals surface area contributed by atoms with Gasteiger partial charge in [-0.3, -0.25) is 0 Å². The number of ether oxygens (including phenoxy) is 1.